The molecule has 0 heterocycles. The molecule has 0 spiro atoms. The number of hydrogen-bond acceptors (Lipinski definition) is 3. The average Bonchev–Trinajstić information content (AvgIpc) is 2.55. The van der Waals surface area contributed by atoms with Crippen molar-refractivity contribution in [1.29, 1.82) is 0 Å². The molecule has 0 radical (unpaired) electrons. The van der Waals surface area contributed by atoms with Crippen molar-refractivity contribution in [3.05, 3.63) is 59.2 Å². The zero-order chi connectivity index (χ0) is 16.8. The van der Waals surface area contributed by atoms with Crippen LogP contribution in [-0.2, 0) is 0 Å². The molecule has 1 N–H and O–H groups in total. The summed E-state index contributed by atoms with van der Waals surface area (Å²) in [5.41, 5.74) is 2.69. The number of aryl methyl sites for hydroxylation is 1. The molecule has 0 bridgehead atoms. The molecule has 2 aromatic carbocycles. The van der Waals surface area contributed by atoms with Gasteiger partial charge in [0, 0.05) is 5.56 Å². The van der Waals surface area contributed by atoms with Gasteiger partial charge in [0.25, 0.3) is 5.91 Å². The van der Waals surface area contributed by atoms with Gasteiger partial charge in [0.2, 0.25) is 0 Å². The van der Waals surface area contributed by atoms with E-state index in [-0.39, 0.29) is 11.9 Å². The summed E-state index contributed by atoms with van der Waals surface area (Å²) in [4.78, 5) is 12.3. The van der Waals surface area contributed by atoms with Crippen LogP contribution >= 0.6 is 0 Å². The van der Waals surface area contributed by atoms with Gasteiger partial charge in [-0.15, -0.1) is 0 Å². The van der Waals surface area contributed by atoms with Gasteiger partial charge in [-0.25, -0.2) is 0 Å². The summed E-state index contributed by atoms with van der Waals surface area (Å²) in [6.07, 6.45) is 0. The fourth-order valence-corrected chi connectivity index (χ4v) is 2.38. The average molecular weight is 313 g/mol. The number of amides is 1. The molecule has 0 aliphatic rings. The van der Waals surface area contributed by atoms with E-state index in [9.17, 15) is 4.79 Å². The van der Waals surface area contributed by atoms with Crippen molar-refractivity contribution in [2.45, 2.75) is 26.8 Å². The molecule has 1 amide bonds. The fourth-order valence-electron chi connectivity index (χ4n) is 2.38. The normalized spacial score (nSPS) is 11.7. The first-order valence-electron chi connectivity index (χ1n) is 7.73. The molecular weight excluding hydrogens is 290 g/mol. The molecule has 0 aliphatic heterocycles. The number of hydrogen-bond donors (Lipinski definition) is 1. The summed E-state index contributed by atoms with van der Waals surface area (Å²) in [5.74, 6) is 1.28. The molecule has 4 nitrogen and oxygen atoms in total. The van der Waals surface area contributed by atoms with Crippen molar-refractivity contribution in [3.63, 3.8) is 0 Å². The van der Waals surface area contributed by atoms with Gasteiger partial charge < -0.3 is 14.8 Å². The maximum absolute atomic E-state index is 12.3. The Morgan fingerprint density at radius 1 is 1.17 bits per heavy atom. The highest BCUT2D eigenvalue weighted by Gasteiger charge is 2.14. The third kappa shape index (κ3) is 4.25. The quantitative estimate of drug-likeness (QED) is 0.880. The number of methoxy groups -OCH3 is 1. The van der Waals surface area contributed by atoms with E-state index >= 15 is 0 Å². The zero-order valence-corrected chi connectivity index (χ0v) is 14.1. The first-order valence-corrected chi connectivity index (χ1v) is 7.73. The van der Waals surface area contributed by atoms with Gasteiger partial charge in [-0.1, -0.05) is 23.8 Å². The highest BCUT2D eigenvalue weighted by molar-refractivity contribution is 5.94. The Bertz CT molecular complexity index is 682. The number of benzene rings is 2. The van der Waals surface area contributed by atoms with Crippen molar-refractivity contribution in [3.8, 4) is 11.5 Å². The van der Waals surface area contributed by atoms with Gasteiger partial charge >= 0.3 is 0 Å². The van der Waals surface area contributed by atoms with Crippen LogP contribution < -0.4 is 14.8 Å². The summed E-state index contributed by atoms with van der Waals surface area (Å²) < 4.78 is 10.9. The van der Waals surface area contributed by atoms with Gasteiger partial charge in [0.05, 0.1) is 19.8 Å². The van der Waals surface area contributed by atoms with Crippen LogP contribution in [-0.4, -0.2) is 19.6 Å². The lowest BCUT2D eigenvalue weighted by Gasteiger charge is -2.17. The van der Waals surface area contributed by atoms with Gasteiger partial charge in [0.1, 0.15) is 0 Å². The van der Waals surface area contributed by atoms with Gasteiger partial charge in [0.15, 0.2) is 11.5 Å². The summed E-state index contributed by atoms with van der Waals surface area (Å²) in [7, 11) is 1.61. The van der Waals surface area contributed by atoms with E-state index in [1.807, 2.05) is 63.2 Å². The van der Waals surface area contributed by atoms with Gasteiger partial charge in [-0.2, -0.15) is 0 Å². The monoisotopic (exact) mass is 313 g/mol. The molecular formula is C19H23NO3. The number of rotatable bonds is 6. The minimum Gasteiger partial charge on any atom is -0.493 e. The predicted molar refractivity (Wildman–Crippen MR) is 91.2 cm³/mol. The molecule has 2 aromatic rings. The van der Waals surface area contributed by atoms with E-state index in [1.165, 1.54) is 0 Å². The Morgan fingerprint density at radius 3 is 2.61 bits per heavy atom. The molecule has 2 rings (SSSR count). The standard InChI is InChI=1S/C19H23NO3/c1-5-23-17-10-9-15(12-18(17)22-4)14(3)20-19(21)16-8-6-7-13(2)11-16/h6-12,14H,5H2,1-4H3,(H,20,21). The van der Waals surface area contributed by atoms with Crippen molar-refractivity contribution < 1.29 is 14.3 Å². The second-order valence-corrected chi connectivity index (χ2v) is 5.41. The largest absolute Gasteiger partial charge is 0.493 e. The van der Waals surface area contributed by atoms with E-state index in [0.29, 0.717) is 23.7 Å². The summed E-state index contributed by atoms with van der Waals surface area (Å²) >= 11 is 0. The van der Waals surface area contributed by atoms with Crippen LogP contribution in [0.3, 0.4) is 0 Å². The van der Waals surface area contributed by atoms with E-state index in [2.05, 4.69) is 5.32 Å². The van der Waals surface area contributed by atoms with Crippen LogP contribution in [0.2, 0.25) is 0 Å². The van der Waals surface area contributed by atoms with E-state index < -0.39 is 0 Å². The van der Waals surface area contributed by atoms with Crippen molar-refractivity contribution in [2.75, 3.05) is 13.7 Å². The lowest BCUT2D eigenvalue weighted by Crippen LogP contribution is -2.26. The SMILES string of the molecule is CCOc1ccc(C(C)NC(=O)c2cccc(C)c2)cc1OC. The molecule has 1 atom stereocenters. The third-order valence-electron chi connectivity index (χ3n) is 3.62. The van der Waals surface area contributed by atoms with Crippen molar-refractivity contribution in [1.82, 2.24) is 5.32 Å². The van der Waals surface area contributed by atoms with E-state index in [0.717, 1.165) is 11.1 Å². The number of nitrogens with one attached hydrogen (secondary N) is 1. The Kier molecular flexibility index (Phi) is 5.63. The molecule has 23 heavy (non-hydrogen) atoms. The van der Waals surface area contributed by atoms with Crippen LogP contribution in [0.25, 0.3) is 0 Å². The lowest BCUT2D eigenvalue weighted by molar-refractivity contribution is 0.0939. The zero-order valence-electron chi connectivity index (χ0n) is 14.1. The molecule has 0 aliphatic carbocycles. The Labute approximate surface area is 137 Å². The molecule has 0 aromatic heterocycles. The Morgan fingerprint density at radius 2 is 1.96 bits per heavy atom. The minimum atomic E-state index is -0.132. The molecule has 1 unspecified atom stereocenters. The van der Waals surface area contributed by atoms with Crippen molar-refractivity contribution >= 4 is 5.91 Å². The second-order valence-electron chi connectivity index (χ2n) is 5.41. The summed E-state index contributed by atoms with van der Waals surface area (Å²) in [6, 6.07) is 13.1. The first kappa shape index (κ1) is 16.9. The van der Waals surface area contributed by atoms with Crippen molar-refractivity contribution in [2.24, 2.45) is 0 Å². The number of ether oxygens (including phenoxy) is 2. The second kappa shape index (κ2) is 7.68. The first-order chi connectivity index (χ1) is 11.0. The molecule has 0 saturated heterocycles. The molecule has 0 fully saturated rings. The fraction of sp³-hybridized carbons (Fsp3) is 0.316. The minimum absolute atomic E-state index is 0.0888. The van der Waals surface area contributed by atoms with Crippen LogP contribution in [0.15, 0.2) is 42.5 Å². The molecule has 122 valence electrons. The maximum Gasteiger partial charge on any atom is 0.251 e. The smallest absolute Gasteiger partial charge is 0.251 e. The summed E-state index contributed by atoms with van der Waals surface area (Å²) in [5, 5.41) is 3.01. The third-order valence-corrected chi connectivity index (χ3v) is 3.62. The highest BCUT2D eigenvalue weighted by atomic mass is 16.5. The van der Waals surface area contributed by atoms with E-state index in [4.69, 9.17) is 9.47 Å². The van der Waals surface area contributed by atoms with E-state index in [1.54, 1.807) is 7.11 Å². The Balaban J connectivity index is 2.14. The van der Waals surface area contributed by atoms with Gasteiger partial charge in [-0.05, 0) is 50.6 Å². The molecule has 4 heteroatoms. The topological polar surface area (TPSA) is 47.6 Å². The van der Waals surface area contributed by atoms with Crippen LogP contribution in [0, 0.1) is 6.92 Å². The lowest BCUT2D eigenvalue weighted by atomic mass is 10.1. The maximum atomic E-state index is 12.3. The van der Waals surface area contributed by atoms with Crippen LogP contribution in [0.1, 0.15) is 41.4 Å². The Hall–Kier alpha value is -2.49. The van der Waals surface area contributed by atoms with Crippen LogP contribution in [0.4, 0.5) is 0 Å². The highest BCUT2D eigenvalue weighted by Crippen LogP contribution is 2.30. The van der Waals surface area contributed by atoms with Gasteiger partial charge in [-0.3, -0.25) is 4.79 Å². The van der Waals surface area contributed by atoms with Crippen LogP contribution in [0.5, 0.6) is 11.5 Å². The molecule has 0 saturated carbocycles. The number of carbonyl (C=O) groups excluding carboxylic acids is 1. The summed E-state index contributed by atoms with van der Waals surface area (Å²) in [6.45, 7) is 6.42. The number of carbonyl (C=O) groups is 1. The predicted octanol–water partition coefficient (Wildman–Crippen LogP) is 3.89.